The standard InChI is InChI=1S/C21H23N5O4S/c1-13(2)10-16(20-26-31-21(29)30-20)25-18(27)15(11-14-6-4-3-5-7-14)24-19(28)17-12-22-8-9-23-17/h3-9,12-13,15-16H,10-11H2,1-2H3,(H,24,28)(H,25,27)/t15-,16-/m0/s1. The molecule has 0 aliphatic heterocycles. The van der Waals surface area contributed by atoms with Crippen molar-refractivity contribution in [3.63, 3.8) is 0 Å². The Morgan fingerprint density at radius 3 is 2.52 bits per heavy atom. The van der Waals surface area contributed by atoms with E-state index in [2.05, 4.69) is 25.0 Å². The Morgan fingerprint density at radius 2 is 1.90 bits per heavy atom. The van der Waals surface area contributed by atoms with E-state index in [0.29, 0.717) is 18.0 Å². The van der Waals surface area contributed by atoms with E-state index >= 15 is 0 Å². The van der Waals surface area contributed by atoms with Crippen molar-refractivity contribution in [3.8, 4) is 0 Å². The van der Waals surface area contributed by atoms with E-state index in [-0.39, 0.29) is 23.9 Å². The van der Waals surface area contributed by atoms with Crippen molar-refractivity contribution in [1.29, 1.82) is 0 Å². The van der Waals surface area contributed by atoms with E-state index in [0.717, 1.165) is 5.56 Å². The van der Waals surface area contributed by atoms with Gasteiger partial charge >= 0.3 is 4.94 Å². The number of nitrogens with one attached hydrogen (secondary N) is 2. The number of rotatable bonds is 9. The van der Waals surface area contributed by atoms with E-state index < -0.39 is 28.8 Å². The lowest BCUT2D eigenvalue weighted by atomic mass is 10.0. The van der Waals surface area contributed by atoms with E-state index in [9.17, 15) is 14.4 Å². The van der Waals surface area contributed by atoms with Gasteiger partial charge in [-0.2, -0.15) is 4.37 Å². The van der Waals surface area contributed by atoms with Crippen LogP contribution < -0.4 is 15.6 Å². The molecule has 1 aromatic carbocycles. The summed E-state index contributed by atoms with van der Waals surface area (Å²) in [4.78, 5) is 44.6. The number of nitrogens with zero attached hydrogens (tertiary/aromatic N) is 3. The summed E-state index contributed by atoms with van der Waals surface area (Å²) in [6.45, 7) is 3.97. The van der Waals surface area contributed by atoms with E-state index in [4.69, 9.17) is 4.42 Å². The van der Waals surface area contributed by atoms with Crippen LogP contribution in [0.1, 0.15) is 48.3 Å². The van der Waals surface area contributed by atoms with Crippen molar-refractivity contribution >= 4 is 23.3 Å². The molecule has 2 heterocycles. The van der Waals surface area contributed by atoms with Crippen LogP contribution in [0.25, 0.3) is 0 Å². The third kappa shape index (κ3) is 6.54. The molecule has 0 radical (unpaired) electrons. The first kappa shape index (κ1) is 22.3. The molecule has 0 saturated heterocycles. The molecule has 2 atom stereocenters. The van der Waals surface area contributed by atoms with Crippen LogP contribution in [0.2, 0.25) is 0 Å². The maximum atomic E-state index is 13.2. The van der Waals surface area contributed by atoms with Crippen molar-refractivity contribution in [3.05, 3.63) is 75.8 Å². The fourth-order valence-electron chi connectivity index (χ4n) is 3.01. The van der Waals surface area contributed by atoms with Gasteiger partial charge in [0.1, 0.15) is 17.8 Å². The first-order chi connectivity index (χ1) is 14.9. The minimum atomic E-state index is -0.878. The Bertz CT molecular complexity index is 1050. The summed E-state index contributed by atoms with van der Waals surface area (Å²) in [6, 6.07) is 7.88. The summed E-state index contributed by atoms with van der Waals surface area (Å²) in [6.07, 6.45) is 4.99. The van der Waals surface area contributed by atoms with Crippen molar-refractivity contribution < 1.29 is 14.0 Å². The maximum absolute atomic E-state index is 13.2. The van der Waals surface area contributed by atoms with Crippen LogP contribution in [-0.2, 0) is 11.2 Å². The molecular weight excluding hydrogens is 418 g/mol. The first-order valence-electron chi connectivity index (χ1n) is 9.80. The zero-order chi connectivity index (χ0) is 22.2. The molecule has 0 unspecified atom stereocenters. The average Bonchev–Trinajstić information content (AvgIpc) is 3.20. The molecule has 0 saturated carbocycles. The summed E-state index contributed by atoms with van der Waals surface area (Å²) in [5.41, 5.74) is 0.986. The lowest BCUT2D eigenvalue weighted by Crippen LogP contribution is -2.49. The van der Waals surface area contributed by atoms with Crippen molar-refractivity contribution in [2.75, 3.05) is 0 Å². The highest BCUT2D eigenvalue weighted by molar-refractivity contribution is 7.02. The zero-order valence-electron chi connectivity index (χ0n) is 17.1. The average molecular weight is 442 g/mol. The molecule has 0 aliphatic carbocycles. The van der Waals surface area contributed by atoms with E-state index in [1.54, 1.807) is 0 Å². The second kappa shape index (κ2) is 10.6. The molecule has 2 N–H and O–H groups in total. The summed E-state index contributed by atoms with van der Waals surface area (Å²) in [7, 11) is 0. The SMILES string of the molecule is CC(C)C[C@H](NC(=O)[C@H](Cc1ccccc1)NC(=O)c1cnccn1)c1nsc(=O)o1. The molecule has 0 aliphatic rings. The van der Waals surface area contributed by atoms with Crippen LogP contribution in [0.3, 0.4) is 0 Å². The smallest absolute Gasteiger partial charge is 0.396 e. The Hall–Kier alpha value is -3.40. The third-order valence-electron chi connectivity index (χ3n) is 4.42. The molecule has 3 aromatic rings. The molecule has 3 rings (SSSR count). The minimum absolute atomic E-state index is 0.109. The van der Waals surface area contributed by atoms with Crippen molar-refractivity contribution in [2.45, 2.75) is 38.8 Å². The molecule has 0 bridgehead atoms. The van der Waals surface area contributed by atoms with Gasteiger partial charge in [-0.1, -0.05) is 44.2 Å². The summed E-state index contributed by atoms with van der Waals surface area (Å²) < 4.78 is 9.14. The molecule has 9 nitrogen and oxygen atoms in total. The van der Waals surface area contributed by atoms with Gasteiger partial charge in [-0.05, 0) is 17.9 Å². The number of benzene rings is 1. The molecule has 10 heteroatoms. The van der Waals surface area contributed by atoms with Crippen LogP contribution in [0.4, 0.5) is 0 Å². The van der Waals surface area contributed by atoms with Gasteiger partial charge in [-0.3, -0.25) is 14.6 Å². The normalized spacial score (nSPS) is 12.9. The lowest BCUT2D eigenvalue weighted by molar-refractivity contribution is -0.124. The van der Waals surface area contributed by atoms with Crippen molar-refractivity contribution in [1.82, 2.24) is 25.0 Å². The van der Waals surface area contributed by atoms with Crippen LogP contribution in [0.15, 0.2) is 58.1 Å². The minimum Gasteiger partial charge on any atom is -0.396 e. The topological polar surface area (TPSA) is 127 Å². The predicted octanol–water partition coefficient (Wildman–Crippen LogP) is 2.13. The number of amides is 2. The highest BCUT2D eigenvalue weighted by Gasteiger charge is 2.28. The van der Waals surface area contributed by atoms with E-state index in [1.165, 1.54) is 18.6 Å². The number of carbonyl (C=O) groups is 2. The fraction of sp³-hybridized carbons (Fsp3) is 0.333. The van der Waals surface area contributed by atoms with E-state index in [1.807, 2.05) is 44.2 Å². The number of carbonyl (C=O) groups excluding carboxylic acids is 2. The van der Waals surface area contributed by atoms with Gasteiger partial charge < -0.3 is 15.1 Å². The van der Waals surface area contributed by atoms with Gasteiger partial charge in [0.25, 0.3) is 5.91 Å². The van der Waals surface area contributed by atoms with Gasteiger partial charge in [-0.15, -0.1) is 0 Å². The molecular formula is C21H23N5O4S. The number of hydrogen-bond acceptors (Lipinski definition) is 8. The second-order valence-electron chi connectivity index (χ2n) is 7.37. The summed E-state index contributed by atoms with van der Waals surface area (Å²) in [5.74, 6) is -0.554. The van der Waals surface area contributed by atoms with Crippen LogP contribution >= 0.6 is 11.5 Å². The van der Waals surface area contributed by atoms with Gasteiger partial charge in [-0.25, -0.2) is 9.78 Å². The predicted molar refractivity (Wildman–Crippen MR) is 114 cm³/mol. The summed E-state index contributed by atoms with van der Waals surface area (Å²) >= 11 is 0.697. The third-order valence-corrected chi connectivity index (χ3v) is 4.92. The molecule has 162 valence electrons. The zero-order valence-corrected chi connectivity index (χ0v) is 18.0. The number of aromatic nitrogens is 3. The summed E-state index contributed by atoms with van der Waals surface area (Å²) in [5, 5.41) is 5.61. The first-order valence-corrected chi connectivity index (χ1v) is 10.6. The number of hydrogen-bond donors (Lipinski definition) is 2. The largest absolute Gasteiger partial charge is 0.414 e. The Labute approximate surface area is 183 Å². The maximum Gasteiger partial charge on any atom is 0.414 e. The Kier molecular flexibility index (Phi) is 7.60. The highest BCUT2D eigenvalue weighted by Crippen LogP contribution is 2.20. The van der Waals surface area contributed by atoms with Gasteiger partial charge in [0.15, 0.2) is 0 Å². The van der Waals surface area contributed by atoms with Crippen LogP contribution in [0, 0.1) is 5.92 Å². The van der Waals surface area contributed by atoms with Gasteiger partial charge in [0.05, 0.1) is 6.20 Å². The highest BCUT2D eigenvalue weighted by atomic mass is 32.1. The molecule has 0 fully saturated rings. The fourth-order valence-corrected chi connectivity index (χ4v) is 3.46. The Morgan fingerprint density at radius 1 is 1.13 bits per heavy atom. The van der Waals surface area contributed by atoms with Crippen LogP contribution in [0.5, 0.6) is 0 Å². The molecule has 2 amide bonds. The van der Waals surface area contributed by atoms with Crippen LogP contribution in [-0.4, -0.2) is 32.2 Å². The van der Waals surface area contributed by atoms with Gasteiger partial charge in [0, 0.05) is 30.3 Å². The lowest BCUT2D eigenvalue weighted by Gasteiger charge is -2.23. The second-order valence-corrected chi connectivity index (χ2v) is 8.07. The molecule has 0 spiro atoms. The molecule has 2 aromatic heterocycles. The molecule has 31 heavy (non-hydrogen) atoms. The van der Waals surface area contributed by atoms with Gasteiger partial charge in [0.2, 0.25) is 11.8 Å². The monoisotopic (exact) mass is 441 g/mol. The quantitative estimate of drug-likeness (QED) is 0.521. The Balaban J connectivity index is 1.81. The van der Waals surface area contributed by atoms with Crippen molar-refractivity contribution in [2.24, 2.45) is 5.92 Å².